The van der Waals surface area contributed by atoms with E-state index in [0.29, 0.717) is 18.4 Å². The number of carbonyl (C=O) groups is 1. The zero-order valence-electron chi connectivity index (χ0n) is 15.8. The number of piperidine rings is 1. The first kappa shape index (κ1) is 19.1. The van der Waals surface area contributed by atoms with Crippen molar-refractivity contribution in [2.75, 3.05) is 13.1 Å². The zero-order chi connectivity index (χ0) is 18.4. The van der Waals surface area contributed by atoms with E-state index in [9.17, 15) is 10.1 Å². The van der Waals surface area contributed by atoms with E-state index >= 15 is 0 Å². The van der Waals surface area contributed by atoms with Gasteiger partial charge in [0.25, 0.3) is 5.91 Å². The summed E-state index contributed by atoms with van der Waals surface area (Å²) < 4.78 is 0. The van der Waals surface area contributed by atoms with Gasteiger partial charge in [-0.15, -0.1) is 0 Å². The fraction of sp³-hybridized carbons (Fsp3) is 0.524. The van der Waals surface area contributed by atoms with Crippen molar-refractivity contribution in [2.45, 2.75) is 46.7 Å². The normalized spacial score (nSPS) is 21.1. The standard InChI is InChI=1S/C21H29N3O/c1-16(2)24(14-19-8-6-5-7-9-19)21(25)20(11-22)15-23-12-17(3)10-18(4)13-23/h5-9,15-18H,10,12-14H2,1-4H3/b20-15-. The first-order chi connectivity index (χ1) is 11.9. The Morgan fingerprint density at radius 1 is 1.28 bits per heavy atom. The largest absolute Gasteiger partial charge is 0.376 e. The van der Waals surface area contributed by atoms with Crippen molar-refractivity contribution in [3.05, 3.63) is 47.7 Å². The maximum Gasteiger partial charge on any atom is 0.266 e. The monoisotopic (exact) mass is 339 g/mol. The van der Waals surface area contributed by atoms with Gasteiger partial charge in [-0.1, -0.05) is 44.2 Å². The van der Waals surface area contributed by atoms with Gasteiger partial charge >= 0.3 is 0 Å². The fourth-order valence-electron chi connectivity index (χ4n) is 3.55. The van der Waals surface area contributed by atoms with Crippen molar-refractivity contribution in [2.24, 2.45) is 11.8 Å². The molecule has 1 heterocycles. The number of nitrogens with zero attached hydrogens (tertiary/aromatic N) is 3. The lowest BCUT2D eigenvalue weighted by atomic mass is 9.92. The van der Waals surface area contributed by atoms with Crippen LogP contribution < -0.4 is 0 Å². The van der Waals surface area contributed by atoms with Crippen LogP contribution in [0.15, 0.2) is 42.1 Å². The first-order valence-corrected chi connectivity index (χ1v) is 9.11. The minimum Gasteiger partial charge on any atom is -0.376 e. The molecule has 4 nitrogen and oxygen atoms in total. The van der Waals surface area contributed by atoms with Crippen LogP contribution in [0.1, 0.15) is 39.7 Å². The molecule has 2 unspecified atom stereocenters. The summed E-state index contributed by atoms with van der Waals surface area (Å²) in [4.78, 5) is 16.9. The van der Waals surface area contributed by atoms with Crippen LogP contribution in [0.5, 0.6) is 0 Å². The molecule has 1 aromatic rings. The van der Waals surface area contributed by atoms with Crippen molar-refractivity contribution in [3.63, 3.8) is 0 Å². The molecule has 2 atom stereocenters. The van der Waals surface area contributed by atoms with E-state index in [1.165, 1.54) is 6.42 Å². The number of hydrogen-bond donors (Lipinski definition) is 0. The van der Waals surface area contributed by atoms with Gasteiger partial charge < -0.3 is 9.80 Å². The van der Waals surface area contributed by atoms with E-state index in [4.69, 9.17) is 0 Å². The zero-order valence-corrected chi connectivity index (χ0v) is 15.8. The molecule has 0 aliphatic carbocycles. The van der Waals surface area contributed by atoms with Crippen molar-refractivity contribution in [3.8, 4) is 6.07 Å². The third-order valence-corrected chi connectivity index (χ3v) is 4.64. The summed E-state index contributed by atoms with van der Waals surface area (Å²) in [6, 6.07) is 12.1. The van der Waals surface area contributed by atoms with Crippen LogP contribution in [-0.4, -0.2) is 34.8 Å². The Balaban J connectivity index is 2.17. The van der Waals surface area contributed by atoms with Gasteiger partial charge in [0.15, 0.2) is 0 Å². The Bertz CT molecular complexity index is 635. The van der Waals surface area contributed by atoms with E-state index in [-0.39, 0.29) is 17.5 Å². The van der Waals surface area contributed by atoms with Gasteiger partial charge in [-0.3, -0.25) is 4.79 Å². The van der Waals surface area contributed by atoms with Crippen LogP contribution in [0.2, 0.25) is 0 Å². The topological polar surface area (TPSA) is 47.3 Å². The highest BCUT2D eigenvalue weighted by molar-refractivity contribution is 5.97. The number of amides is 1. The molecule has 4 heteroatoms. The molecular weight excluding hydrogens is 310 g/mol. The SMILES string of the molecule is CC1CC(C)CN(/C=C(/C#N)C(=O)N(Cc2ccccc2)C(C)C)C1. The maximum absolute atomic E-state index is 13.0. The molecule has 0 bridgehead atoms. The number of rotatable bonds is 5. The average Bonchev–Trinajstić information content (AvgIpc) is 2.57. The molecule has 1 amide bonds. The van der Waals surface area contributed by atoms with E-state index < -0.39 is 0 Å². The quantitative estimate of drug-likeness (QED) is 0.605. The second-order valence-corrected chi connectivity index (χ2v) is 7.57. The molecule has 1 saturated heterocycles. The van der Waals surface area contributed by atoms with Crippen molar-refractivity contribution in [1.29, 1.82) is 5.26 Å². The predicted octanol–water partition coefficient (Wildman–Crippen LogP) is 3.81. The lowest BCUT2D eigenvalue weighted by molar-refractivity contribution is -0.129. The molecule has 0 N–H and O–H groups in total. The highest BCUT2D eigenvalue weighted by Gasteiger charge is 2.24. The van der Waals surface area contributed by atoms with Gasteiger partial charge in [0.05, 0.1) is 0 Å². The summed E-state index contributed by atoms with van der Waals surface area (Å²) in [5.41, 5.74) is 1.30. The number of likely N-dealkylation sites (tertiary alicyclic amines) is 1. The average molecular weight is 339 g/mol. The number of hydrogen-bond acceptors (Lipinski definition) is 3. The molecule has 1 aromatic carbocycles. The lowest BCUT2D eigenvalue weighted by Gasteiger charge is -2.34. The Kier molecular flexibility index (Phi) is 6.64. The summed E-state index contributed by atoms with van der Waals surface area (Å²) >= 11 is 0. The van der Waals surface area contributed by atoms with Crippen LogP contribution in [0.25, 0.3) is 0 Å². The maximum atomic E-state index is 13.0. The predicted molar refractivity (Wildman–Crippen MR) is 100 cm³/mol. The molecule has 0 radical (unpaired) electrons. The third kappa shape index (κ3) is 5.35. The second kappa shape index (κ2) is 8.71. The van der Waals surface area contributed by atoms with Crippen LogP contribution in [0.3, 0.4) is 0 Å². The summed E-state index contributed by atoms with van der Waals surface area (Å²) in [6.07, 6.45) is 2.97. The Hall–Kier alpha value is -2.28. The van der Waals surface area contributed by atoms with Crippen LogP contribution >= 0.6 is 0 Å². The molecule has 0 spiro atoms. The molecule has 2 rings (SSSR count). The fourth-order valence-corrected chi connectivity index (χ4v) is 3.55. The van der Waals surface area contributed by atoms with Crippen molar-refractivity contribution < 1.29 is 4.79 Å². The summed E-state index contributed by atoms with van der Waals surface area (Å²) in [5, 5.41) is 9.56. The van der Waals surface area contributed by atoms with Crippen LogP contribution in [-0.2, 0) is 11.3 Å². The highest BCUT2D eigenvalue weighted by atomic mass is 16.2. The van der Waals surface area contributed by atoms with Gasteiger partial charge in [0.1, 0.15) is 11.6 Å². The molecule has 1 aliphatic rings. The Morgan fingerprint density at radius 2 is 1.88 bits per heavy atom. The molecule has 1 fully saturated rings. The lowest BCUT2D eigenvalue weighted by Crippen LogP contribution is -2.39. The third-order valence-electron chi connectivity index (χ3n) is 4.64. The summed E-state index contributed by atoms with van der Waals surface area (Å²) in [7, 11) is 0. The minimum absolute atomic E-state index is 0.0312. The highest BCUT2D eigenvalue weighted by Crippen LogP contribution is 2.22. The molecular formula is C21H29N3O. The van der Waals surface area contributed by atoms with Gasteiger partial charge in [0, 0.05) is 31.9 Å². The number of nitriles is 1. The van der Waals surface area contributed by atoms with E-state index in [2.05, 4.69) is 24.8 Å². The second-order valence-electron chi connectivity index (χ2n) is 7.57. The molecule has 25 heavy (non-hydrogen) atoms. The molecule has 134 valence electrons. The summed E-state index contributed by atoms with van der Waals surface area (Å²) in [5.74, 6) is 0.980. The van der Waals surface area contributed by atoms with E-state index in [1.54, 1.807) is 11.1 Å². The van der Waals surface area contributed by atoms with Crippen LogP contribution in [0.4, 0.5) is 0 Å². The number of benzene rings is 1. The summed E-state index contributed by atoms with van der Waals surface area (Å²) in [6.45, 7) is 10.7. The van der Waals surface area contributed by atoms with Gasteiger partial charge in [0.2, 0.25) is 0 Å². The minimum atomic E-state index is -0.188. The van der Waals surface area contributed by atoms with E-state index in [0.717, 1.165) is 18.7 Å². The van der Waals surface area contributed by atoms with Gasteiger partial charge in [-0.25, -0.2) is 0 Å². The Labute approximate surface area is 151 Å². The molecule has 0 saturated carbocycles. The first-order valence-electron chi connectivity index (χ1n) is 9.11. The Morgan fingerprint density at radius 3 is 2.40 bits per heavy atom. The van der Waals surface area contributed by atoms with Crippen molar-refractivity contribution in [1.82, 2.24) is 9.80 Å². The van der Waals surface area contributed by atoms with Crippen molar-refractivity contribution >= 4 is 5.91 Å². The van der Waals surface area contributed by atoms with Gasteiger partial charge in [-0.2, -0.15) is 5.26 Å². The van der Waals surface area contributed by atoms with Crippen LogP contribution in [0, 0.1) is 23.2 Å². The number of carbonyl (C=O) groups excluding carboxylic acids is 1. The van der Waals surface area contributed by atoms with Gasteiger partial charge in [-0.05, 0) is 37.7 Å². The van der Waals surface area contributed by atoms with E-state index in [1.807, 2.05) is 44.2 Å². The molecule has 0 aromatic heterocycles. The smallest absolute Gasteiger partial charge is 0.266 e. The molecule has 1 aliphatic heterocycles.